The van der Waals surface area contributed by atoms with Crippen LogP contribution in [0.4, 0.5) is 5.69 Å². The zero-order valence-corrected chi connectivity index (χ0v) is 16.2. The molecule has 2 aromatic rings. The predicted molar refractivity (Wildman–Crippen MR) is 110 cm³/mol. The number of nitrogens with zero attached hydrogens (tertiary/aromatic N) is 1. The van der Waals surface area contributed by atoms with E-state index in [-0.39, 0.29) is 5.41 Å². The second kappa shape index (κ2) is 8.91. The molecule has 3 rings (SSSR count). The van der Waals surface area contributed by atoms with Gasteiger partial charge in [-0.1, -0.05) is 43.2 Å². The number of benzene rings is 2. The molecule has 0 aromatic heterocycles. The van der Waals surface area contributed by atoms with Crippen molar-refractivity contribution in [1.82, 2.24) is 0 Å². The van der Waals surface area contributed by atoms with Crippen molar-refractivity contribution in [1.29, 1.82) is 0 Å². The maximum atomic E-state index is 6.22. The summed E-state index contributed by atoms with van der Waals surface area (Å²) in [6.07, 6.45) is 4.68. The molecule has 0 bridgehead atoms. The van der Waals surface area contributed by atoms with Crippen molar-refractivity contribution in [3.8, 4) is 5.75 Å². The van der Waals surface area contributed by atoms with Crippen molar-refractivity contribution in [3.05, 3.63) is 59.7 Å². The Labute approximate surface area is 161 Å². The van der Waals surface area contributed by atoms with Crippen LogP contribution in [0, 0.1) is 0 Å². The standard InChI is InChI=1S/C22H29N3O2/c1-26-15-17-8-3-4-11-20(17)25-21(23)24-16-22(12-5-6-13-22)18-9-7-10-19(14-18)27-2/h3-4,7-11,14H,5-6,12-13,15-16H2,1-2H3,(H3,23,24,25). The Bertz CT molecular complexity index is 783. The summed E-state index contributed by atoms with van der Waals surface area (Å²) in [7, 11) is 3.39. The Hall–Kier alpha value is -2.53. The Balaban J connectivity index is 1.77. The lowest BCUT2D eigenvalue weighted by Crippen LogP contribution is -2.30. The first-order valence-electron chi connectivity index (χ1n) is 9.45. The van der Waals surface area contributed by atoms with Crippen molar-refractivity contribution in [3.63, 3.8) is 0 Å². The number of para-hydroxylation sites is 1. The van der Waals surface area contributed by atoms with E-state index in [1.54, 1.807) is 14.2 Å². The largest absolute Gasteiger partial charge is 0.497 e. The van der Waals surface area contributed by atoms with Crippen LogP contribution in [-0.4, -0.2) is 26.7 Å². The van der Waals surface area contributed by atoms with Gasteiger partial charge in [0.05, 0.1) is 20.3 Å². The van der Waals surface area contributed by atoms with Crippen LogP contribution in [0.5, 0.6) is 5.75 Å². The maximum Gasteiger partial charge on any atom is 0.193 e. The topological polar surface area (TPSA) is 68.9 Å². The van der Waals surface area contributed by atoms with Gasteiger partial charge in [0.25, 0.3) is 0 Å². The van der Waals surface area contributed by atoms with Gasteiger partial charge in [-0.25, -0.2) is 0 Å². The molecular formula is C22H29N3O2. The molecule has 27 heavy (non-hydrogen) atoms. The van der Waals surface area contributed by atoms with Gasteiger partial charge in [0.2, 0.25) is 0 Å². The summed E-state index contributed by atoms with van der Waals surface area (Å²) >= 11 is 0. The molecule has 0 unspecified atom stereocenters. The molecule has 0 aliphatic heterocycles. The van der Waals surface area contributed by atoms with Gasteiger partial charge in [0.1, 0.15) is 5.75 Å². The highest BCUT2D eigenvalue weighted by molar-refractivity contribution is 5.93. The second-order valence-electron chi connectivity index (χ2n) is 7.14. The molecule has 3 N–H and O–H groups in total. The number of anilines is 1. The summed E-state index contributed by atoms with van der Waals surface area (Å²) in [5.41, 5.74) is 9.53. The van der Waals surface area contributed by atoms with Crippen LogP contribution in [-0.2, 0) is 16.8 Å². The molecule has 5 nitrogen and oxygen atoms in total. The minimum Gasteiger partial charge on any atom is -0.497 e. The van der Waals surface area contributed by atoms with Crippen LogP contribution in [0.2, 0.25) is 0 Å². The molecular weight excluding hydrogens is 338 g/mol. The van der Waals surface area contributed by atoms with Crippen molar-refractivity contribution >= 4 is 11.6 Å². The number of methoxy groups -OCH3 is 2. The van der Waals surface area contributed by atoms with Crippen LogP contribution in [0.15, 0.2) is 53.5 Å². The molecule has 0 radical (unpaired) electrons. The highest BCUT2D eigenvalue weighted by Gasteiger charge is 2.35. The first-order chi connectivity index (χ1) is 13.2. The third kappa shape index (κ3) is 4.61. The number of rotatable bonds is 7. The fourth-order valence-electron chi connectivity index (χ4n) is 3.88. The van der Waals surface area contributed by atoms with E-state index in [1.807, 2.05) is 30.3 Å². The van der Waals surface area contributed by atoms with Crippen molar-refractivity contribution in [2.75, 3.05) is 26.1 Å². The summed E-state index contributed by atoms with van der Waals surface area (Å²) < 4.78 is 10.7. The lowest BCUT2D eigenvalue weighted by atomic mass is 9.79. The first kappa shape index (κ1) is 19.2. The van der Waals surface area contributed by atoms with E-state index in [1.165, 1.54) is 18.4 Å². The van der Waals surface area contributed by atoms with Crippen LogP contribution in [0.3, 0.4) is 0 Å². The number of nitrogens with two attached hydrogens (primary N) is 1. The highest BCUT2D eigenvalue weighted by atomic mass is 16.5. The summed E-state index contributed by atoms with van der Waals surface area (Å²) in [6.45, 7) is 1.20. The normalized spacial score (nSPS) is 16.3. The van der Waals surface area contributed by atoms with Gasteiger partial charge in [0, 0.05) is 23.8 Å². The molecule has 0 spiro atoms. The van der Waals surface area contributed by atoms with E-state index in [9.17, 15) is 0 Å². The van der Waals surface area contributed by atoms with Gasteiger partial charge in [0.15, 0.2) is 5.96 Å². The quantitative estimate of drug-likeness (QED) is 0.571. The van der Waals surface area contributed by atoms with Crippen LogP contribution in [0.25, 0.3) is 0 Å². The second-order valence-corrected chi connectivity index (χ2v) is 7.14. The van der Waals surface area contributed by atoms with Gasteiger partial charge in [-0.15, -0.1) is 0 Å². The van der Waals surface area contributed by atoms with Crippen LogP contribution in [0.1, 0.15) is 36.8 Å². The first-order valence-corrected chi connectivity index (χ1v) is 9.45. The molecule has 0 amide bonds. The minimum absolute atomic E-state index is 0.0346. The number of ether oxygens (including phenoxy) is 2. The van der Waals surface area contributed by atoms with E-state index in [0.717, 1.165) is 29.8 Å². The van der Waals surface area contributed by atoms with Gasteiger partial charge in [-0.05, 0) is 36.6 Å². The highest BCUT2D eigenvalue weighted by Crippen LogP contribution is 2.42. The smallest absolute Gasteiger partial charge is 0.193 e. The SMILES string of the molecule is COCc1ccccc1NC(N)=NCC1(c2cccc(OC)c2)CCCC1. The van der Waals surface area contributed by atoms with E-state index < -0.39 is 0 Å². The Kier molecular flexibility index (Phi) is 6.35. The Morgan fingerprint density at radius 1 is 1.11 bits per heavy atom. The third-order valence-electron chi connectivity index (χ3n) is 5.37. The summed E-state index contributed by atoms with van der Waals surface area (Å²) in [6, 6.07) is 16.3. The van der Waals surface area contributed by atoms with Crippen molar-refractivity contribution < 1.29 is 9.47 Å². The summed E-state index contributed by atoms with van der Waals surface area (Å²) in [5, 5.41) is 3.23. The molecule has 1 saturated carbocycles. The van der Waals surface area contributed by atoms with E-state index >= 15 is 0 Å². The van der Waals surface area contributed by atoms with E-state index in [4.69, 9.17) is 20.2 Å². The minimum atomic E-state index is 0.0346. The molecule has 0 atom stereocenters. The molecule has 0 saturated heterocycles. The molecule has 1 aliphatic carbocycles. The van der Waals surface area contributed by atoms with E-state index in [0.29, 0.717) is 19.1 Å². The van der Waals surface area contributed by atoms with Gasteiger partial charge < -0.3 is 20.5 Å². The van der Waals surface area contributed by atoms with Gasteiger partial charge >= 0.3 is 0 Å². The zero-order chi connectivity index (χ0) is 19.1. The molecule has 1 fully saturated rings. The molecule has 0 heterocycles. The average Bonchev–Trinajstić information content (AvgIpc) is 3.18. The molecule has 2 aromatic carbocycles. The third-order valence-corrected chi connectivity index (χ3v) is 5.37. The monoisotopic (exact) mass is 367 g/mol. The van der Waals surface area contributed by atoms with Crippen molar-refractivity contribution in [2.45, 2.75) is 37.7 Å². The number of aliphatic imine (C=N–C) groups is 1. The Morgan fingerprint density at radius 2 is 1.89 bits per heavy atom. The molecule has 1 aliphatic rings. The predicted octanol–water partition coefficient (Wildman–Crippen LogP) is 4.08. The lowest BCUT2D eigenvalue weighted by Gasteiger charge is -2.28. The molecule has 5 heteroatoms. The number of hydrogen-bond acceptors (Lipinski definition) is 3. The summed E-state index contributed by atoms with van der Waals surface area (Å²) in [4.78, 5) is 4.71. The number of hydrogen-bond donors (Lipinski definition) is 2. The fourth-order valence-corrected chi connectivity index (χ4v) is 3.88. The van der Waals surface area contributed by atoms with Gasteiger partial charge in [-0.3, -0.25) is 4.99 Å². The zero-order valence-electron chi connectivity index (χ0n) is 16.2. The average molecular weight is 367 g/mol. The summed E-state index contributed by atoms with van der Waals surface area (Å²) in [5.74, 6) is 1.33. The molecule has 144 valence electrons. The fraction of sp³-hybridized carbons (Fsp3) is 0.409. The maximum absolute atomic E-state index is 6.22. The van der Waals surface area contributed by atoms with Crippen LogP contribution < -0.4 is 15.8 Å². The van der Waals surface area contributed by atoms with Gasteiger partial charge in [-0.2, -0.15) is 0 Å². The van der Waals surface area contributed by atoms with E-state index in [2.05, 4.69) is 23.5 Å². The van der Waals surface area contributed by atoms with Crippen LogP contribution >= 0.6 is 0 Å². The Morgan fingerprint density at radius 3 is 2.63 bits per heavy atom. The van der Waals surface area contributed by atoms with Crippen molar-refractivity contribution in [2.24, 2.45) is 10.7 Å². The number of guanidine groups is 1. The number of nitrogens with one attached hydrogen (secondary N) is 1. The lowest BCUT2D eigenvalue weighted by molar-refractivity contribution is 0.185.